The Morgan fingerprint density at radius 1 is 1.67 bits per heavy atom. The summed E-state index contributed by atoms with van der Waals surface area (Å²) in [6.45, 7) is 3.88. The zero-order chi connectivity index (χ0) is 8.97. The minimum Gasteiger partial charge on any atom is -0.355 e. The molecule has 1 saturated heterocycles. The summed E-state index contributed by atoms with van der Waals surface area (Å²) >= 11 is 0. The normalized spacial score (nSPS) is 24.3. The molecule has 0 spiro atoms. The second kappa shape index (κ2) is 4.45. The van der Waals surface area contributed by atoms with Gasteiger partial charge in [-0.1, -0.05) is 6.92 Å². The average Bonchev–Trinajstić information content (AvgIpc) is 2.47. The first-order valence-electron chi connectivity index (χ1n) is 4.71. The lowest BCUT2D eigenvalue weighted by atomic mass is 10.2. The number of carbonyl (C=O) groups excluding carboxylic acids is 1. The van der Waals surface area contributed by atoms with Crippen molar-refractivity contribution >= 4 is 5.91 Å². The Balaban J connectivity index is 2.18. The van der Waals surface area contributed by atoms with E-state index in [9.17, 15) is 4.79 Å². The zero-order valence-electron chi connectivity index (χ0n) is 7.97. The SMILES string of the molecule is CCC(=O)NC[C@@H]1CCCN1C. The lowest BCUT2D eigenvalue weighted by Crippen LogP contribution is -2.37. The van der Waals surface area contributed by atoms with Gasteiger partial charge in [-0.05, 0) is 26.4 Å². The molecule has 3 heteroatoms. The van der Waals surface area contributed by atoms with Crippen molar-refractivity contribution in [3.05, 3.63) is 0 Å². The Morgan fingerprint density at radius 3 is 2.92 bits per heavy atom. The molecule has 3 nitrogen and oxygen atoms in total. The zero-order valence-corrected chi connectivity index (χ0v) is 7.97. The molecule has 0 aromatic rings. The summed E-state index contributed by atoms with van der Waals surface area (Å²) in [5.41, 5.74) is 0. The largest absolute Gasteiger partial charge is 0.355 e. The molecule has 0 bridgehead atoms. The molecule has 0 aromatic carbocycles. The van der Waals surface area contributed by atoms with Crippen LogP contribution in [0.5, 0.6) is 0 Å². The smallest absolute Gasteiger partial charge is 0.219 e. The Hall–Kier alpha value is -0.570. The van der Waals surface area contributed by atoms with Crippen molar-refractivity contribution in [1.29, 1.82) is 0 Å². The van der Waals surface area contributed by atoms with E-state index < -0.39 is 0 Å². The third-order valence-corrected chi connectivity index (χ3v) is 2.53. The van der Waals surface area contributed by atoms with Crippen LogP contribution in [0.25, 0.3) is 0 Å². The van der Waals surface area contributed by atoms with Gasteiger partial charge in [-0.25, -0.2) is 0 Å². The summed E-state index contributed by atoms with van der Waals surface area (Å²) in [7, 11) is 2.12. The quantitative estimate of drug-likeness (QED) is 0.673. The van der Waals surface area contributed by atoms with Gasteiger partial charge in [0.2, 0.25) is 5.91 Å². The van der Waals surface area contributed by atoms with Gasteiger partial charge in [0.05, 0.1) is 0 Å². The van der Waals surface area contributed by atoms with E-state index >= 15 is 0 Å². The molecule has 0 unspecified atom stereocenters. The molecule has 70 valence electrons. The molecule has 1 fully saturated rings. The average molecular weight is 170 g/mol. The molecule has 1 heterocycles. The summed E-state index contributed by atoms with van der Waals surface area (Å²) in [6, 6.07) is 0.570. The van der Waals surface area contributed by atoms with E-state index in [2.05, 4.69) is 17.3 Å². The molecule has 1 amide bonds. The number of hydrogen-bond acceptors (Lipinski definition) is 2. The number of nitrogens with one attached hydrogen (secondary N) is 1. The molecule has 1 atom stereocenters. The standard InChI is InChI=1S/C9H18N2O/c1-3-9(12)10-7-8-5-4-6-11(8)2/h8H,3-7H2,1-2H3,(H,10,12)/t8-/m0/s1. The van der Waals surface area contributed by atoms with Crippen molar-refractivity contribution in [3.63, 3.8) is 0 Å². The fourth-order valence-corrected chi connectivity index (χ4v) is 1.59. The summed E-state index contributed by atoms with van der Waals surface area (Å²) in [5, 5.41) is 2.92. The van der Waals surface area contributed by atoms with Crippen LogP contribution in [0, 0.1) is 0 Å². The van der Waals surface area contributed by atoms with Crippen LogP contribution in [-0.2, 0) is 4.79 Å². The van der Waals surface area contributed by atoms with E-state index in [4.69, 9.17) is 0 Å². The lowest BCUT2D eigenvalue weighted by Gasteiger charge is -2.19. The van der Waals surface area contributed by atoms with Gasteiger partial charge in [-0.3, -0.25) is 4.79 Å². The second-order valence-electron chi connectivity index (χ2n) is 3.43. The maximum Gasteiger partial charge on any atom is 0.219 e. The van der Waals surface area contributed by atoms with Crippen LogP contribution in [0.15, 0.2) is 0 Å². The van der Waals surface area contributed by atoms with Gasteiger partial charge in [0.1, 0.15) is 0 Å². The van der Waals surface area contributed by atoms with Crippen molar-refractivity contribution in [2.24, 2.45) is 0 Å². The molecule has 0 radical (unpaired) electrons. The highest BCUT2D eigenvalue weighted by Gasteiger charge is 2.20. The first-order chi connectivity index (χ1) is 5.74. The van der Waals surface area contributed by atoms with E-state index in [0.29, 0.717) is 12.5 Å². The van der Waals surface area contributed by atoms with E-state index in [1.807, 2.05) is 6.92 Å². The highest BCUT2D eigenvalue weighted by molar-refractivity contribution is 5.75. The molecular formula is C9H18N2O. The number of hydrogen-bond donors (Lipinski definition) is 1. The fourth-order valence-electron chi connectivity index (χ4n) is 1.59. The Kier molecular flexibility index (Phi) is 3.53. The first-order valence-corrected chi connectivity index (χ1v) is 4.71. The maximum atomic E-state index is 10.9. The molecule has 0 aromatic heterocycles. The van der Waals surface area contributed by atoms with Gasteiger partial charge in [-0.2, -0.15) is 0 Å². The minimum atomic E-state index is 0.162. The third kappa shape index (κ3) is 2.48. The minimum absolute atomic E-state index is 0.162. The molecule has 1 rings (SSSR count). The molecule has 0 saturated carbocycles. The van der Waals surface area contributed by atoms with Gasteiger partial charge < -0.3 is 10.2 Å². The van der Waals surface area contributed by atoms with Crippen molar-refractivity contribution in [1.82, 2.24) is 10.2 Å². The maximum absolute atomic E-state index is 10.9. The lowest BCUT2D eigenvalue weighted by molar-refractivity contribution is -0.120. The number of nitrogens with zero attached hydrogens (tertiary/aromatic N) is 1. The van der Waals surface area contributed by atoms with Crippen LogP contribution in [0.2, 0.25) is 0 Å². The first kappa shape index (κ1) is 9.52. The van der Waals surface area contributed by atoms with Crippen LogP contribution in [0.1, 0.15) is 26.2 Å². The monoisotopic (exact) mass is 170 g/mol. The molecular weight excluding hydrogens is 152 g/mol. The Labute approximate surface area is 74.1 Å². The molecule has 1 N–H and O–H groups in total. The number of amides is 1. The number of rotatable bonds is 3. The highest BCUT2D eigenvalue weighted by atomic mass is 16.1. The van der Waals surface area contributed by atoms with E-state index in [0.717, 1.165) is 6.54 Å². The topological polar surface area (TPSA) is 32.3 Å². The number of likely N-dealkylation sites (N-methyl/N-ethyl adjacent to an activating group) is 1. The van der Waals surface area contributed by atoms with Crippen LogP contribution < -0.4 is 5.32 Å². The predicted molar refractivity (Wildman–Crippen MR) is 49.0 cm³/mol. The number of carbonyl (C=O) groups is 1. The van der Waals surface area contributed by atoms with E-state index in [-0.39, 0.29) is 5.91 Å². The molecule has 0 aliphatic carbocycles. The second-order valence-corrected chi connectivity index (χ2v) is 3.43. The van der Waals surface area contributed by atoms with Crippen LogP contribution in [-0.4, -0.2) is 37.0 Å². The summed E-state index contributed by atoms with van der Waals surface area (Å²) in [6.07, 6.45) is 3.08. The van der Waals surface area contributed by atoms with Crippen LogP contribution >= 0.6 is 0 Å². The van der Waals surface area contributed by atoms with Crippen molar-refractivity contribution < 1.29 is 4.79 Å². The van der Waals surface area contributed by atoms with Gasteiger partial charge in [0, 0.05) is 19.0 Å². The van der Waals surface area contributed by atoms with Crippen LogP contribution in [0.3, 0.4) is 0 Å². The summed E-state index contributed by atoms with van der Waals surface area (Å²) in [5.74, 6) is 0.162. The Morgan fingerprint density at radius 2 is 2.42 bits per heavy atom. The van der Waals surface area contributed by atoms with Gasteiger partial charge in [0.25, 0.3) is 0 Å². The van der Waals surface area contributed by atoms with Gasteiger partial charge in [-0.15, -0.1) is 0 Å². The Bertz CT molecular complexity index is 159. The fraction of sp³-hybridized carbons (Fsp3) is 0.889. The van der Waals surface area contributed by atoms with E-state index in [1.54, 1.807) is 0 Å². The molecule has 12 heavy (non-hydrogen) atoms. The van der Waals surface area contributed by atoms with Gasteiger partial charge in [0.15, 0.2) is 0 Å². The molecule has 1 aliphatic rings. The van der Waals surface area contributed by atoms with Crippen LogP contribution in [0.4, 0.5) is 0 Å². The van der Waals surface area contributed by atoms with Gasteiger partial charge >= 0.3 is 0 Å². The number of likely N-dealkylation sites (tertiary alicyclic amines) is 1. The van der Waals surface area contributed by atoms with E-state index in [1.165, 1.54) is 19.4 Å². The highest BCUT2D eigenvalue weighted by Crippen LogP contribution is 2.13. The molecule has 1 aliphatic heterocycles. The van der Waals surface area contributed by atoms with Crippen molar-refractivity contribution in [3.8, 4) is 0 Å². The third-order valence-electron chi connectivity index (χ3n) is 2.53. The summed E-state index contributed by atoms with van der Waals surface area (Å²) < 4.78 is 0. The summed E-state index contributed by atoms with van der Waals surface area (Å²) in [4.78, 5) is 13.3. The van der Waals surface area contributed by atoms with Crippen molar-refractivity contribution in [2.75, 3.05) is 20.1 Å². The van der Waals surface area contributed by atoms with Crippen molar-refractivity contribution in [2.45, 2.75) is 32.2 Å². The predicted octanol–water partition coefficient (Wildman–Crippen LogP) is 0.607.